The van der Waals surface area contributed by atoms with Crippen LogP contribution in [0.4, 0.5) is 0 Å². The van der Waals surface area contributed by atoms with Gasteiger partial charge in [-0.3, -0.25) is 4.90 Å². The van der Waals surface area contributed by atoms with Crippen molar-refractivity contribution in [2.24, 2.45) is 0 Å². The Balaban J connectivity index is 1.99. The quantitative estimate of drug-likeness (QED) is 0.655. The minimum absolute atomic E-state index is 0.163. The molecule has 2 aromatic rings. The van der Waals surface area contributed by atoms with E-state index in [0.717, 1.165) is 30.9 Å². The highest BCUT2D eigenvalue weighted by molar-refractivity contribution is 6.20. The molecule has 0 aliphatic rings. The van der Waals surface area contributed by atoms with E-state index in [0.29, 0.717) is 6.61 Å². The Bertz CT molecular complexity index is 556. The van der Waals surface area contributed by atoms with E-state index in [1.54, 1.807) is 0 Å². The molecule has 0 saturated heterocycles. The highest BCUT2D eigenvalue weighted by Gasteiger charge is 2.08. The number of hydrogen-bond donors (Lipinski definition) is 0. The lowest BCUT2D eigenvalue weighted by Crippen LogP contribution is -2.32. The van der Waals surface area contributed by atoms with Gasteiger partial charge in [0.25, 0.3) is 0 Å². The van der Waals surface area contributed by atoms with Gasteiger partial charge in [-0.15, -0.1) is 11.6 Å². The number of ether oxygens (including phenoxy) is 1. The first kappa shape index (κ1) is 16.9. The van der Waals surface area contributed by atoms with E-state index in [1.165, 1.54) is 5.56 Å². The molecule has 118 valence electrons. The molecule has 22 heavy (non-hydrogen) atoms. The van der Waals surface area contributed by atoms with Crippen molar-refractivity contribution in [1.29, 1.82) is 0 Å². The van der Waals surface area contributed by atoms with E-state index in [-0.39, 0.29) is 5.38 Å². The number of para-hydroxylation sites is 1. The SMILES string of the molecule is CCN(CCOc1ccccc1-c1ccccc1)C[C@H](C)Cl. The number of hydrogen-bond acceptors (Lipinski definition) is 2. The van der Waals surface area contributed by atoms with Gasteiger partial charge in [0, 0.05) is 24.0 Å². The van der Waals surface area contributed by atoms with Crippen LogP contribution in [0.3, 0.4) is 0 Å². The number of rotatable bonds is 8. The highest BCUT2D eigenvalue weighted by Crippen LogP contribution is 2.29. The Hall–Kier alpha value is -1.51. The van der Waals surface area contributed by atoms with Gasteiger partial charge in [-0.25, -0.2) is 0 Å². The molecule has 0 heterocycles. The number of alkyl halides is 1. The Labute approximate surface area is 138 Å². The van der Waals surface area contributed by atoms with Crippen LogP contribution in [-0.2, 0) is 0 Å². The number of halogens is 1. The van der Waals surface area contributed by atoms with Crippen molar-refractivity contribution in [2.45, 2.75) is 19.2 Å². The van der Waals surface area contributed by atoms with Crippen molar-refractivity contribution in [3.63, 3.8) is 0 Å². The van der Waals surface area contributed by atoms with Crippen molar-refractivity contribution in [2.75, 3.05) is 26.2 Å². The third kappa shape index (κ3) is 5.04. The zero-order valence-electron chi connectivity index (χ0n) is 13.3. The van der Waals surface area contributed by atoms with Crippen LogP contribution in [0.5, 0.6) is 5.75 Å². The van der Waals surface area contributed by atoms with E-state index in [2.05, 4.69) is 30.0 Å². The molecule has 0 aliphatic carbocycles. The predicted molar refractivity (Wildman–Crippen MR) is 94.8 cm³/mol. The van der Waals surface area contributed by atoms with E-state index < -0.39 is 0 Å². The van der Waals surface area contributed by atoms with Crippen molar-refractivity contribution < 1.29 is 4.74 Å². The van der Waals surface area contributed by atoms with Crippen LogP contribution < -0.4 is 4.74 Å². The van der Waals surface area contributed by atoms with Gasteiger partial charge in [0.05, 0.1) is 0 Å². The smallest absolute Gasteiger partial charge is 0.127 e. The first-order valence-corrected chi connectivity index (χ1v) is 8.28. The molecule has 0 aliphatic heterocycles. The molecule has 0 aromatic heterocycles. The zero-order valence-corrected chi connectivity index (χ0v) is 14.1. The average Bonchev–Trinajstić information content (AvgIpc) is 2.55. The maximum absolute atomic E-state index is 6.07. The first-order chi connectivity index (χ1) is 10.7. The summed E-state index contributed by atoms with van der Waals surface area (Å²) in [6.45, 7) is 7.60. The van der Waals surface area contributed by atoms with Gasteiger partial charge in [0.1, 0.15) is 12.4 Å². The third-order valence-electron chi connectivity index (χ3n) is 3.59. The molecule has 2 aromatic carbocycles. The summed E-state index contributed by atoms with van der Waals surface area (Å²) < 4.78 is 6.02. The fraction of sp³-hybridized carbons (Fsp3) is 0.368. The molecule has 2 nitrogen and oxygen atoms in total. The van der Waals surface area contributed by atoms with Gasteiger partial charge < -0.3 is 4.74 Å². The second-order valence-corrected chi connectivity index (χ2v) is 6.13. The predicted octanol–water partition coefficient (Wildman–Crippen LogP) is 4.68. The molecule has 2 rings (SSSR count). The normalized spacial score (nSPS) is 12.4. The van der Waals surface area contributed by atoms with Gasteiger partial charge in [-0.2, -0.15) is 0 Å². The average molecular weight is 318 g/mol. The first-order valence-electron chi connectivity index (χ1n) is 7.84. The van der Waals surface area contributed by atoms with Gasteiger partial charge in [0.2, 0.25) is 0 Å². The fourth-order valence-electron chi connectivity index (χ4n) is 2.47. The molecular weight excluding hydrogens is 294 g/mol. The molecule has 0 amide bonds. The monoisotopic (exact) mass is 317 g/mol. The molecule has 1 atom stereocenters. The summed E-state index contributed by atoms with van der Waals surface area (Å²) in [7, 11) is 0. The van der Waals surface area contributed by atoms with Gasteiger partial charge in [0.15, 0.2) is 0 Å². The van der Waals surface area contributed by atoms with Crippen LogP contribution in [0.2, 0.25) is 0 Å². The van der Waals surface area contributed by atoms with Crippen LogP contribution in [0.15, 0.2) is 54.6 Å². The lowest BCUT2D eigenvalue weighted by molar-refractivity contribution is 0.217. The summed E-state index contributed by atoms with van der Waals surface area (Å²) in [6.07, 6.45) is 0. The van der Waals surface area contributed by atoms with Crippen LogP contribution in [0.25, 0.3) is 11.1 Å². The largest absolute Gasteiger partial charge is 0.492 e. The molecule has 0 fully saturated rings. The maximum Gasteiger partial charge on any atom is 0.127 e. The molecule has 0 radical (unpaired) electrons. The Kier molecular flexibility index (Phi) is 6.75. The van der Waals surface area contributed by atoms with Crippen molar-refractivity contribution in [3.05, 3.63) is 54.6 Å². The Morgan fingerprint density at radius 3 is 2.41 bits per heavy atom. The molecule has 3 heteroatoms. The van der Waals surface area contributed by atoms with Gasteiger partial charge >= 0.3 is 0 Å². The number of benzene rings is 2. The summed E-state index contributed by atoms with van der Waals surface area (Å²) >= 11 is 6.07. The van der Waals surface area contributed by atoms with Crippen LogP contribution >= 0.6 is 11.6 Å². The number of likely N-dealkylation sites (N-methyl/N-ethyl adjacent to an activating group) is 1. The maximum atomic E-state index is 6.07. The second kappa shape index (κ2) is 8.82. The molecule has 0 spiro atoms. The minimum atomic E-state index is 0.163. The summed E-state index contributed by atoms with van der Waals surface area (Å²) in [6, 6.07) is 18.5. The Morgan fingerprint density at radius 1 is 1.05 bits per heavy atom. The molecular formula is C19H24ClNO. The van der Waals surface area contributed by atoms with Crippen molar-refractivity contribution >= 4 is 11.6 Å². The lowest BCUT2D eigenvalue weighted by atomic mass is 10.1. The summed E-state index contributed by atoms with van der Waals surface area (Å²) in [5.41, 5.74) is 2.32. The minimum Gasteiger partial charge on any atom is -0.492 e. The third-order valence-corrected chi connectivity index (χ3v) is 3.73. The number of nitrogens with zero attached hydrogens (tertiary/aromatic N) is 1. The van der Waals surface area contributed by atoms with E-state index in [1.807, 2.05) is 43.3 Å². The highest BCUT2D eigenvalue weighted by atomic mass is 35.5. The molecule has 0 N–H and O–H groups in total. The van der Waals surface area contributed by atoms with Crippen LogP contribution in [0.1, 0.15) is 13.8 Å². The topological polar surface area (TPSA) is 12.5 Å². The van der Waals surface area contributed by atoms with Crippen LogP contribution in [0, 0.1) is 0 Å². The van der Waals surface area contributed by atoms with Crippen molar-refractivity contribution in [3.8, 4) is 16.9 Å². The summed E-state index contributed by atoms with van der Waals surface area (Å²) in [5.74, 6) is 0.934. The van der Waals surface area contributed by atoms with Gasteiger partial charge in [-0.05, 0) is 25.1 Å². The summed E-state index contributed by atoms with van der Waals surface area (Å²) in [4.78, 5) is 2.31. The van der Waals surface area contributed by atoms with Crippen LogP contribution in [-0.4, -0.2) is 36.5 Å². The van der Waals surface area contributed by atoms with Gasteiger partial charge in [-0.1, -0.05) is 55.5 Å². The summed E-state index contributed by atoms with van der Waals surface area (Å²) in [5, 5.41) is 0.163. The molecule has 0 unspecified atom stereocenters. The Morgan fingerprint density at radius 2 is 1.73 bits per heavy atom. The van der Waals surface area contributed by atoms with E-state index in [4.69, 9.17) is 16.3 Å². The van der Waals surface area contributed by atoms with E-state index >= 15 is 0 Å². The van der Waals surface area contributed by atoms with Crippen molar-refractivity contribution in [1.82, 2.24) is 4.90 Å². The zero-order chi connectivity index (χ0) is 15.8. The van der Waals surface area contributed by atoms with E-state index in [9.17, 15) is 0 Å². The second-order valence-electron chi connectivity index (χ2n) is 5.38. The fourth-order valence-corrected chi connectivity index (χ4v) is 2.66. The lowest BCUT2D eigenvalue weighted by Gasteiger charge is -2.22. The molecule has 0 bridgehead atoms. The molecule has 0 saturated carbocycles. The standard InChI is InChI=1S/C19H24ClNO/c1-3-21(15-16(2)20)13-14-22-19-12-8-7-11-18(19)17-9-5-4-6-10-17/h4-12,16H,3,13-15H2,1-2H3/t16-/m0/s1.